The molecular weight excluding hydrogens is 415 g/mol. The monoisotopic (exact) mass is 452 g/mol. The summed E-state index contributed by atoms with van der Waals surface area (Å²) in [6.07, 6.45) is 6.38. The van der Waals surface area contributed by atoms with E-state index in [2.05, 4.69) is 25.7 Å². The third-order valence-electron chi connectivity index (χ3n) is 7.28. The number of fused-ring (bicyclic) bond motifs is 1. The average Bonchev–Trinajstić information content (AvgIpc) is 3.30. The van der Waals surface area contributed by atoms with Crippen LogP contribution in [0.1, 0.15) is 68.8 Å². The summed E-state index contributed by atoms with van der Waals surface area (Å²) in [7, 11) is 0. The van der Waals surface area contributed by atoms with Crippen molar-refractivity contribution in [1.82, 2.24) is 0 Å². The molecule has 2 heterocycles. The lowest BCUT2D eigenvalue weighted by molar-refractivity contribution is 0.0980. The van der Waals surface area contributed by atoms with Gasteiger partial charge in [-0.15, -0.1) is 0 Å². The smallest absolute Gasteiger partial charge is 0.258 e. The van der Waals surface area contributed by atoms with Gasteiger partial charge in [-0.1, -0.05) is 40.0 Å². The Morgan fingerprint density at radius 1 is 1.12 bits per heavy atom. The van der Waals surface area contributed by atoms with Crippen LogP contribution in [0.4, 0.5) is 15.8 Å². The summed E-state index contributed by atoms with van der Waals surface area (Å²) in [5.74, 6) is 1.80. The van der Waals surface area contributed by atoms with E-state index < -0.39 is 0 Å². The van der Waals surface area contributed by atoms with Gasteiger partial charge in [0.2, 0.25) is 0 Å². The molecule has 2 aromatic carbocycles. The molecular formula is C28H37FN2O2. The molecule has 5 heteroatoms. The Morgan fingerprint density at radius 2 is 1.97 bits per heavy atom. The van der Waals surface area contributed by atoms with Gasteiger partial charge in [0.1, 0.15) is 11.6 Å². The van der Waals surface area contributed by atoms with Gasteiger partial charge in [-0.25, -0.2) is 4.39 Å². The lowest BCUT2D eigenvalue weighted by Crippen LogP contribution is -2.37. The number of hydrogen-bond donors (Lipinski definition) is 0. The van der Waals surface area contributed by atoms with Crippen molar-refractivity contribution in [2.45, 2.75) is 59.3 Å². The van der Waals surface area contributed by atoms with Gasteiger partial charge < -0.3 is 14.5 Å². The van der Waals surface area contributed by atoms with Crippen molar-refractivity contribution in [1.29, 1.82) is 0 Å². The standard InChI is InChI=1S/C28H37FN2O2/c1-4-6-16-33-24-9-10-25-21(17-24)13-15-31(28(25)32)23-8-11-27(26(29)18-23)30-14-12-22(19-30)20(3)7-5-2/h8-11,17-18,20,22H,4-7,12-16,19H2,1-3H3/t20?,22-/m1/s1. The Kier molecular flexibility index (Phi) is 7.56. The van der Waals surface area contributed by atoms with E-state index in [1.165, 1.54) is 18.9 Å². The van der Waals surface area contributed by atoms with Crippen LogP contribution in [0, 0.1) is 17.7 Å². The molecule has 2 aromatic rings. The minimum absolute atomic E-state index is 0.0712. The molecule has 2 aliphatic heterocycles. The normalized spacial score (nSPS) is 19.0. The van der Waals surface area contributed by atoms with E-state index in [4.69, 9.17) is 4.74 Å². The first-order valence-corrected chi connectivity index (χ1v) is 12.6. The molecule has 0 aromatic heterocycles. The highest BCUT2D eigenvalue weighted by atomic mass is 19.1. The summed E-state index contributed by atoms with van der Waals surface area (Å²) >= 11 is 0. The highest BCUT2D eigenvalue weighted by Crippen LogP contribution is 2.34. The highest BCUT2D eigenvalue weighted by molar-refractivity contribution is 6.08. The Hall–Kier alpha value is -2.56. The summed E-state index contributed by atoms with van der Waals surface area (Å²) in [6.45, 7) is 9.72. The number of carbonyl (C=O) groups excluding carboxylic acids is 1. The SMILES string of the molecule is CCCCOc1ccc2c(c1)CCN(c1ccc(N3CC[C@@H](C(C)CCC)C3)c(F)c1)C2=O. The second kappa shape index (κ2) is 10.6. The molecule has 33 heavy (non-hydrogen) atoms. The molecule has 2 atom stereocenters. The maximum Gasteiger partial charge on any atom is 0.258 e. The number of nitrogens with zero attached hydrogens (tertiary/aromatic N) is 2. The molecule has 0 radical (unpaired) electrons. The van der Waals surface area contributed by atoms with E-state index in [1.54, 1.807) is 4.90 Å². The van der Waals surface area contributed by atoms with Crippen LogP contribution in [-0.2, 0) is 6.42 Å². The van der Waals surface area contributed by atoms with Crippen molar-refractivity contribution in [3.8, 4) is 5.75 Å². The number of ether oxygens (including phenoxy) is 1. The van der Waals surface area contributed by atoms with Crippen LogP contribution in [0.2, 0.25) is 0 Å². The number of halogens is 1. The zero-order valence-electron chi connectivity index (χ0n) is 20.3. The zero-order valence-corrected chi connectivity index (χ0v) is 20.3. The van der Waals surface area contributed by atoms with Gasteiger partial charge in [0.15, 0.2) is 0 Å². The Bertz CT molecular complexity index is 976. The molecule has 0 bridgehead atoms. The summed E-state index contributed by atoms with van der Waals surface area (Å²) in [6, 6.07) is 11.0. The van der Waals surface area contributed by atoms with Gasteiger partial charge in [-0.3, -0.25) is 4.79 Å². The molecule has 1 fully saturated rings. The Balaban J connectivity index is 1.45. The quantitative estimate of drug-likeness (QED) is 0.409. The number of benzene rings is 2. The first kappa shape index (κ1) is 23.6. The fourth-order valence-corrected chi connectivity index (χ4v) is 5.22. The van der Waals surface area contributed by atoms with Crippen LogP contribution in [0.25, 0.3) is 0 Å². The molecule has 1 amide bonds. The van der Waals surface area contributed by atoms with Gasteiger partial charge in [-0.2, -0.15) is 0 Å². The number of amides is 1. The maximum atomic E-state index is 15.2. The number of carbonyl (C=O) groups is 1. The maximum absolute atomic E-state index is 15.2. The van der Waals surface area contributed by atoms with Gasteiger partial charge in [0.05, 0.1) is 12.3 Å². The van der Waals surface area contributed by atoms with Crippen molar-refractivity contribution in [2.24, 2.45) is 11.8 Å². The molecule has 0 aliphatic carbocycles. The Morgan fingerprint density at radius 3 is 2.73 bits per heavy atom. The third kappa shape index (κ3) is 5.18. The van der Waals surface area contributed by atoms with Crippen LogP contribution < -0.4 is 14.5 Å². The molecule has 0 N–H and O–H groups in total. The second-order valence-corrected chi connectivity index (χ2v) is 9.62. The molecule has 1 unspecified atom stereocenters. The van der Waals surface area contributed by atoms with Crippen LogP contribution >= 0.6 is 0 Å². The van der Waals surface area contributed by atoms with E-state index in [1.807, 2.05) is 30.3 Å². The molecule has 2 aliphatic rings. The van der Waals surface area contributed by atoms with E-state index in [0.29, 0.717) is 41.9 Å². The number of hydrogen-bond acceptors (Lipinski definition) is 3. The second-order valence-electron chi connectivity index (χ2n) is 9.62. The number of rotatable bonds is 9. The fraction of sp³-hybridized carbons (Fsp3) is 0.536. The predicted octanol–water partition coefficient (Wildman–Crippen LogP) is 6.47. The largest absolute Gasteiger partial charge is 0.494 e. The predicted molar refractivity (Wildman–Crippen MR) is 133 cm³/mol. The first-order valence-electron chi connectivity index (χ1n) is 12.6. The van der Waals surface area contributed by atoms with Crippen molar-refractivity contribution in [3.05, 3.63) is 53.3 Å². The van der Waals surface area contributed by atoms with Crippen LogP contribution in [0.3, 0.4) is 0 Å². The molecule has 0 spiro atoms. The summed E-state index contributed by atoms with van der Waals surface area (Å²) < 4.78 is 21.0. The third-order valence-corrected chi connectivity index (χ3v) is 7.28. The topological polar surface area (TPSA) is 32.8 Å². The van der Waals surface area contributed by atoms with Crippen LogP contribution in [0.5, 0.6) is 5.75 Å². The highest BCUT2D eigenvalue weighted by Gasteiger charge is 2.30. The molecule has 178 valence electrons. The van der Waals surface area contributed by atoms with Gasteiger partial charge >= 0.3 is 0 Å². The van der Waals surface area contributed by atoms with Gasteiger partial charge in [0.25, 0.3) is 5.91 Å². The lowest BCUT2D eigenvalue weighted by Gasteiger charge is -2.30. The lowest BCUT2D eigenvalue weighted by atomic mass is 9.90. The molecule has 4 rings (SSSR count). The van der Waals surface area contributed by atoms with Crippen molar-refractivity contribution >= 4 is 17.3 Å². The van der Waals surface area contributed by atoms with Crippen molar-refractivity contribution in [2.75, 3.05) is 36.0 Å². The van der Waals surface area contributed by atoms with E-state index in [0.717, 1.165) is 50.1 Å². The molecule has 4 nitrogen and oxygen atoms in total. The molecule has 0 saturated carbocycles. The number of unbranched alkanes of at least 4 members (excludes halogenated alkanes) is 1. The van der Waals surface area contributed by atoms with E-state index in [-0.39, 0.29) is 11.7 Å². The van der Waals surface area contributed by atoms with E-state index in [9.17, 15) is 4.79 Å². The van der Waals surface area contributed by atoms with Crippen molar-refractivity contribution < 1.29 is 13.9 Å². The minimum atomic E-state index is -0.241. The molecule has 1 saturated heterocycles. The van der Waals surface area contributed by atoms with E-state index >= 15 is 4.39 Å². The van der Waals surface area contributed by atoms with Gasteiger partial charge in [-0.05, 0) is 73.1 Å². The fourth-order valence-electron chi connectivity index (χ4n) is 5.22. The van der Waals surface area contributed by atoms with Crippen LogP contribution in [0.15, 0.2) is 36.4 Å². The van der Waals surface area contributed by atoms with Gasteiger partial charge in [0, 0.05) is 30.9 Å². The summed E-state index contributed by atoms with van der Waals surface area (Å²) in [5.41, 5.74) is 2.97. The zero-order chi connectivity index (χ0) is 23.4. The van der Waals surface area contributed by atoms with Crippen molar-refractivity contribution in [3.63, 3.8) is 0 Å². The summed E-state index contributed by atoms with van der Waals surface area (Å²) in [5, 5.41) is 0. The number of anilines is 2. The Labute approximate surface area is 197 Å². The first-order chi connectivity index (χ1) is 16.0. The minimum Gasteiger partial charge on any atom is -0.494 e. The summed E-state index contributed by atoms with van der Waals surface area (Å²) in [4.78, 5) is 17.0. The average molecular weight is 453 g/mol. The van der Waals surface area contributed by atoms with Crippen LogP contribution in [-0.4, -0.2) is 32.1 Å².